The average Bonchev–Trinajstić information content (AvgIpc) is 3.07. The van der Waals surface area contributed by atoms with E-state index in [1.165, 1.54) is 0 Å². The summed E-state index contributed by atoms with van der Waals surface area (Å²) >= 11 is 0. The van der Waals surface area contributed by atoms with Crippen LogP contribution in [0.4, 0.5) is 0 Å². The van der Waals surface area contributed by atoms with Crippen molar-refractivity contribution < 1.29 is 23.7 Å². The monoisotopic (exact) mass is 326 g/mol. The largest absolute Gasteiger partial charge is 0.461 e. The van der Waals surface area contributed by atoms with Gasteiger partial charge in [-0.2, -0.15) is 0 Å². The van der Waals surface area contributed by atoms with Crippen LogP contribution in [0, 0.1) is 0 Å². The standard InChI is InChI=1S/C19H18O5/c20-18-17(21-11-13-7-3-1-4-8-13)16-15(12-22-18)23-19(24-16)14-9-5-2-6-10-14/h1-10,15-17,19H,11-12H2/t15-,16-,17-,19-/m1/s1. The van der Waals surface area contributed by atoms with Gasteiger partial charge in [-0.15, -0.1) is 0 Å². The number of rotatable bonds is 4. The molecule has 2 aromatic rings. The summed E-state index contributed by atoms with van der Waals surface area (Å²) < 4.78 is 22.9. The van der Waals surface area contributed by atoms with Crippen LogP contribution in [-0.2, 0) is 30.3 Å². The summed E-state index contributed by atoms with van der Waals surface area (Å²) in [5, 5.41) is 0. The van der Waals surface area contributed by atoms with Crippen molar-refractivity contribution in [3.05, 3.63) is 71.8 Å². The Labute approximate surface area is 140 Å². The zero-order valence-corrected chi connectivity index (χ0v) is 13.0. The molecule has 2 saturated heterocycles. The van der Waals surface area contributed by atoms with Crippen molar-refractivity contribution in [2.45, 2.75) is 31.2 Å². The third-order valence-corrected chi connectivity index (χ3v) is 4.21. The number of hydrogen-bond donors (Lipinski definition) is 0. The summed E-state index contributed by atoms with van der Waals surface area (Å²) in [5.41, 5.74) is 1.91. The summed E-state index contributed by atoms with van der Waals surface area (Å²) in [6.45, 7) is 0.515. The van der Waals surface area contributed by atoms with E-state index < -0.39 is 24.5 Å². The minimum atomic E-state index is -0.780. The molecule has 0 radical (unpaired) electrons. The number of hydrogen-bond acceptors (Lipinski definition) is 5. The topological polar surface area (TPSA) is 54.0 Å². The zero-order chi connectivity index (χ0) is 16.4. The van der Waals surface area contributed by atoms with Gasteiger partial charge in [0.05, 0.1) is 6.61 Å². The molecule has 124 valence electrons. The fourth-order valence-corrected chi connectivity index (χ4v) is 2.97. The quantitative estimate of drug-likeness (QED) is 0.809. The second-order valence-electron chi connectivity index (χ2n) is 5.87. The van der Waals surface area contributed by atoms with Crippen LogP contribution >= 0.6 is 0 Å². The van der Waals surface area contributed by atoms with Crippen molar-refractivity contribution in [1.82, 2.24) is 0 Å². The Morgan fingerprint density at radius 2 is 1.67 bits per heavy atom. The van der Waals surface area contributed by atoms with E-state index in [0.717, 1.165) is 11.1 Å². The van der Waals surface area contributed by atoms with Gasteiger partial charge in [-0.25, -0.2) is 4.79 Å². The van der Waals surface area contributed by atoms with Crippen molar-refractivity contribution in [1.29, 1.82) is 0 Å². The van der Waals surface area contributed by atoms with Crippen molar-refractivity contribution in [3.63, 3.8) is 0 Å². The van der Waals surface area contributed by atoms with Crippen molar-refractivity contribution in [2.75, 3.05) is 6.61 Å². The molecule has 2 aliphatic rings. The van der Waals surface area contributed by atoms with Crippen LogP contribution in [0.5, 0.6) is 0 Å². The summed E-state index contributed by atoms with van der Waals surface area (Å²) in [6, 6.07) is 19.4. The minimum absolute atomic E-state index is 0.192. The van der Waals surface area contributed by atoms with Crippen molar-refractivity contribution >= 4 is 5.97 Å². The summed E-state index contributed by atoms with van der Waals surface area (Å²) in [6.07, 6.45) is -2.05. The fraction of sp³-hybridized carbons (Fsp3) is 0.316. The number of benzene rings is 2. The highest BCUT2D eigenvalue weighted by Crippen LogP contribution is 2.36. The van der Waals surface area contributed by atoms with Gasteiger partial charge < -0.3 is 18.9 Å². The van der Waals surface area contributed by atoms with Crippen molar-refractivity contribution in [3.8, 4) is 0 Å². The Kier molecular flexibility index (Phi) is 4.30. The number of cyclic esters (lactones) is 1. The number of ether oxygens (including phenoxy) is 4. The lowest BCUT2D eigenvalue weighted by Gasteiger charge is -2.29. The average molecular weight is 326 g/mol. The van der Waals surface area contributed by atoms with Gasteiger partial charge in [0, 0.05) is 5.56 Å². The lowest BCUT2D eigenvalue weighted by molar-refractivity contribution is -0.181. The minimum Gasteiger partial charge on any atom is -0.461 e. The lowest BCUT2D eigenvalue weighted by atomic mass is 10.1. The van der Waals surface area contributed by atoms with Crippen molar-refractivity contribution in [2.24, 2.45) is 0 Å². The van der Waals surface area contributed by atoms with Gasteiger partial charge in [-0.1, -0.05) is 60.7 Å². The molecule has 0 aromatic heterocycles. The second-order valence-corrected chi connectivity index (χ2v) is 5.87. The highest BCUT2D eigenvalue weighted by atomic mass is 16.8. The van der Waals surface area contributed by atoms with E-state index in [2.05, 4.69) is 0 Å². The van der Waals surface area contributed by atoms with Gasteiger partial charge in [0.25, 0.3) is 0 Å². The van der Waals surface area contributed by atoms with Gasteiger partial charge in [-0.05, 0) is 5.56 Å². The fourth-order valence-electron chi connectivity index (χ4n) is 2.97. The molecular formula is C19H18O5. The van der Waals surface area contributed by atoms with Gasteiger partial charge in [0.1, 0.15) is 18.8 Å². The van der Waals surface area contributed by atoms with E-state index in [1.54, 1.807) is 0 Å². The Hall–Kier alpha value is -2.21. The first-order valence-electron chi connectivity index (χ1n) is 7.99. The molecule has 4 atom stereocenters. The molecule has 0 spiro atoms. The maximum atomic E-state index is 12.1. The van der Waals surface area contributed by atoms with E-state index >= 15 is 0 Å². The highest BCUT2D eigenvalue weighted by Gasteiger charge is 2.49. The van der Waals surface area contributed by atoms with Gasteiger partial charge >= 0.3 is 5.97 Å². The van der Waals surface area contributed by atoms with Crippen LogP contribution < -0.4 is 0 Å². The molecule has 4 rings (SSSR count). The first-order chi connectivity index (χ1) is 11.8. The predicted octanol–water partition coefficient (Wildman–Crippen LogP) is 2.61. The molecule has 2 heterocycles. The molecule has 5 nitrogen and oxygen atoms in total. The van der Waals surface area contributed by atoms with E-state index in [4.69, 9.17) is 18.9 Å². The Bertz CT molecular complexity index is 687. The summed E-state index contributed by atoms with van der Waals surface area (Å²) in [5.74, 6) is -0.399. The van der Waals surface area contributed by atoms with Gasteiger partial charge in [0.2, 0.25) is 0 Å². The molecule has 0 N–H and O–H groups in total. The van der Waals surface area contributed by atoms with Gasteiger partial charge in [0.15, 0.2) is 12.4 Å². The Balaban J connectivity index is 1.47. The van der Waals surface area contributed by atoms with Crippen LogP contribution in [0.1, 0.15) is 17.4 Å². The molecule has 2 aromatic carbocycles. The van der Waals surface area contributed by atoms with E-state index in [-0.39, 0.29) is 12.7 Å². The van der Waals surface area contributed by atoms with E-state index in [9.17, 15) is 4.79 Å². The third-order valence-electron chi connectivity index (χ3n) is 4.21. The molecule has 2 fully saturated rings. The molecule has 0 amide bonds. The first kappa shape index (κ1) is 15.3. The SMILES string of the molecule is O=C1OC[C@H]2O[C@@H](c3ccccc3)O[C@H]2[C@H]1OCc1ccccc1. The lowest BCUT2D eigenvalue weighted by Crippen LogP contribution is -2.50. The molecule has 0 saturated carbocycles. The number of carbonyl (C=O) groups excluding carboxylic acids is 1. The molecule has 0 aliphatic carbocycles. The summed E-state index contributed by atoms with van der Waals surface area (Å²) in [7, 11) is 0. The number of fused-ring (bicyclic) bond motifs is 1. The molecular weight excluding hydrogens is 308 g/mol. The van der Waals surface area contributed by atoms with E-state index in [1.807, 2.05) is 60.7 Å². The van der Waals surface area contributed by atoms with E-state index in [0.29, 0.717) is 6.61 Å². The smallest absolute Gasteiger partial charge is 0.338 e. The third kappa shape index (κ3) is 3.06. The van der Waals surface area contributed by atoms with Crippen LogP contribution in [0.3, 0.4) is 0 Å². The molecule has 5 heteroatoms. The maximum Gasteiger partial charge on any atom is 0.338 e. The molecule has 24 heavy (non-hydrogen) atoms. The van der Waals surface area contributed by atoms with Crippen LogP contribution in [0.25, 0.3) is 0 Å². The molecule has 0 unspecified atom stereocenters. The first-order valence-corrected chi connectivity index (χ1v) is 7.99. The zero-order valence-electron chi connectivity index (χ0n) is 13.0. The number of carbonyl (C=O) groups is 1. The van der Waals surface area contributed by atoms with Crippen LogP contribution in [0.15, 0.2) is 60.7 Å². The summed E-state index contributed by atoms with van der Waals surface area (Å²) in [4.78, 5) is 12.1. The highest BCUT2D eigenvalue weighted by molar-refractivity contribution is 5.76. The van der Waals surface area contributed by atoms with Crippen LogP contribution in [-0.4, -0.2) is 30.9 Å². The molecule has 0 bridgehead atoms. The van der Waals surface area contributed by atoms with Gasteiger partial charge in [-0.3, -0.25) is 0 Å². The Morgan fingerprint density at radius 1 is 0.958 bits per heavy atom. The predicted molar refractivity (Wildman–Crippen MR) is 84.9 cm³/mol. The second kappa shape index (κ2) is 6.73. The van der Waals surface area contributed by atoms with Crippen LogP contribution in [0.2, 0.25) is 0 Å². The normalized spacial score (nSPS) is 29.1. The molecule has 2 aliphatic heterocycles. The maximum absolute atomic E-state index is 12.1. The Morgan fingerprint density at radius 3 is 2.42 bits per heavy atom. The number of esters is 1.